The van der Waals surface area contributed by atoms with E-state index < -0.39 is 0 Å². The second-order valence-electron chi connectivity index (χ2n) is 7.22. The van der Waals surface area contributed by atoms with Gasteiger partial charge in [0.25, 0.3) is 0 Å². The van der Waals surface area contributed by atoms with Crippen molar-refractivity contribution in [3.05, 3.63) is 53.9 Å². The number of benzene rings is 1. The molecule has 1 aliphatic rings. The molecule has 6 heteroatoms. The van der Waals surface area contributed by atoms with Crippen LogP contribution in [0.1, 0.15) is 30.1 Å². The molecule has 27 heavy (non-hydrogen) atoms. The highest BCUT2D eigenvalue weighted by atomic mass is 19.1. The van der Waals surface area contributed by atoms with Gasteiger partial charge < -0.3 is 14.2 Å². The molecule has 1 fully saturated rings. The van der Waals surface area contributed by atoms with Crippen LogP contribution in [0.2, 0.25) is 0 Å². The summed E-state index contributed by atoms with van der Waals surface area (Å²) in [5.41, 5.74) is 1.84. The number of nitrogens with zero attached hydrogens (tertiary/aromatic N) is 4. The van der Waals surface area contributed by atoms with Gasteiger partial charge in [-0.25, -0.2) is 14.4 Å². The van der Waals surface area contributed by atoms with Gasteiger partial charge in [0.2, 0.25) is 0 Å². The summed E-state index contributed by atoms with van der Waals surface area (Å²) in [4.78, 5) is 11.7. The molecule has 5 nitrogen and oxygen atoms in total. The number of anilines is 1. The van der Waals surface area contributed by atoms with Crippen LogP contribution in [0.25, 0.3) is 10.9 Å². The van der Waals surface area contributed by atoms with E-state index in [0.29, 0.717) is 18.0 Å². The van der Waals surface area contributed by atoms with Crippen molar-refractivity contribution in [2.45, 2.75) is 32.2 Å². The van der Waals surface area contributed by atoms with Crippen LogP contribution in [0.15, 0.2) is 36.7 Å². The highest BCUT2D eigenvalue weighted by molar-refractivity contribution is 5.84. The number of rotatable bonds is 5. The smallest absolute Gasteiger partial charge is 0.129 e. The Morgan fingerprint density at radius 1 is 1.30 bits per heavy atom. The van der Waals surface area contributed by atoms with Gasteiger partial charge >= 0.3 is 0 Å². The number of methoxy groups -OCH3 is 1. The van der Waals surface area contributed by atoms with Crippen LogP contribution in [0.3, 0.4) is 0 Å². The lowest BCUT2D eigenvalue weighted by Gasteiger charge is -2.34. The SMILES string of the molecule is COCCn1ccnc1[C@@H]1CCCN(c2cc(C)c3ccc(F)cc3n2)C1. The van der Waals surface area contributed by atoms with E-state index in [2.05, 4.69) is 27.4 Å². The fourth-order valence-corrected chi connectivity index (χ4v) is 3.98. The fraction of sp³-hybridized carbons (Fsp3) is 0.429. The Bertz CT molecular complexity index is 939. The summed E-state index contributed by atoms with van der Waals surface area (Å²) in [5, 5.41) is 1.00. The minimum Gasteiger partial charge on any atom is -0.383 e. The Kier molecular flexibility index (Phi) is 5.07. The van der Waals surface area contributed by atoms with E-state index in [1.165, 1.54) is 12.1 Å². The van der Waals surface area contributed by atoms with E-state index in [-0.39, 0.29) is 5.82 Å². The molecule has 0 saturated carbocycles. The van der Waals surface area contributed by atoms with Gasteiger partial charge in [0.05, 0.1) is 12.1 Å². The lowest BCUT2D eigenvalue weighted by molar-refractivity contribution is 0.185. The van der Waals surface area contributed by atoms with Crippen molar-refractivity contribution in [3.63, 3.8) is 0 Å². The zero-order valence-electron chi connectivity index (χ0n) is 15.9. The lowest BCUT2D eigenvalue weighted by Crippen LogP contribution is -2.36. The maximum absolute atomic E-state index is 13.7. The molecule has 142 valence electrons. The molecule has 2 aromatic heterocycles. The van der Waals surface area contributed by atoms with Crippen molar-refractivity contribution in [2.75, 3.05) is 31.7 Å². The number of aromatic nitrogens is 3. The van der Waals surface area contributed by atoms with Crippen molar-refractivity contribution in [2.24, 2.45) is 0 Å². The maximum Gasteiger partial charge on any atom is 0.129 e. The molecule has 0 unspecified atom stereocenters. The minimum atomic E-state index is -0.247. The topological polar surface area (TPSA) is 43.2 Å². The van der Waals surface area contributed by atoms with Crippen molar-refractivity contribution in [1.29, 1.82) is 0 Å². The molecule has 1 aliphatic heterocycles. The quantitative estimate of drug-likeness (QED) is 0.685. The molecule has 0 spiro atoms. The lowest BCUT2D eigenvalue weighted by atomic mass is 9.97. The van der Waals surface area contributed by atoms with E-state index in [4.69, 9.17) is 9.72 Å². The van der Waals surface area contributed by atoms with Crippen molar-refractivity contribution in [1.82, 2.24) is 14.5 Å². The van der Waals surface area contributed by atoms with Crippen molar-refractivity contribution in [3.8, 4) is 0 Å². The molecule has 0 amide bonds. The van der Waals surface area contributed by atoms with E-state index in [1.807, 2.05) is 18.5 Å². The first-order chi connectivity index (χ1) is 13.2. The Morgan fingerprint density at radius 2 is 2.19 bits per heavy atom. The Labute approximate surface area is 158 Å². The summed E-state index contributed by atoms with van der Waals surface area (Å²) in [6, 6.07) is 6.93. The van der Waals surface area contributed by atoms with Gasteiger partial charge in [-0.15, -0.1) is 0 Å². The first-order valence-corrected chi connectivity index (χ1v) is 9.47. The largest absolute Gasteiger partial charge is 0.383 e. The number of hydrogen-bond acceptors (Lipinski definition) is 4. The summed E-state index contributed by atoms with van der Waals surface area (Å²) < 4.78 is 21.1. The van der Waals surface area contributed by atoms with Gasteiger partial charge in [0.15, 0.2) is 0 Å². The van der Waals surface area contributed by atoms with Gasteiger partial charge in [-0.2, -0.15) is 0 Å². The van der Waals surface area contributed by atoms with E-state index in [9.17, 15) is 4.39 Å². The Morgan fingerprint density at radius 3 is 3.04 bits per heavy atom. The third-order valence-corrected chi connectivity index (χ3v) is 5.36. The van der Waals surface area contributed by atoms with Crippen LogP contribution in [-0.2, 0) is 11.3 Å². The van der Waals surface area contributed by atoms with Crippen LogP contribution in [-0.4, -0.2) is 41.3 Å². The average molecular weight is 368 g/mol. The highest BCUT2D eigenvalue weighted by Crippen LogP contribution is 2.30. The first kappa shape index (κ1) is 17.9. The molecule has 4 rings (SSSR count). The van der Waals surface area contributed by atoms with Gasteiger partial charge in [-0.3, -0.25) is 0 Å². The average Bonchev–Trinajstić information content (AvgIpc) is 3.14. The van der Waals surface area contributed by atoms with Crippen molar-refractivity contribution >= 4 is 16.7 Å². The van der Waals surface area contributed by atoms with Crippen LogP contribution >= 0.6 is 0 Å². The molecule has 1 aromatic carbocycles. The normalized spacial score (nSPS) is 17.6. The first-order valence-electron chi connectivity index (χ1n) is 9.47. The number of fused-ring (bicyclic) bond motifs is 1. The summed E-state index contributed by atoms with van der Waals surface area (Å²) in [5.74, 6) is 2.14. The minimum absolute atomic E-state index is 0.247. The molecule has 0 bridgehead atoms. The van der Waals surface area contributed by atoms with Gasteiger partial charge in [0.1, 0.15) is 17.5 Å². The summed E-state index contributed by atoms with van der Waals surface area (Å²) in [6.45, 7) is 5.38. The molecule has 3 heterocycles. The van der Waals surface area contributed by atoms with E-state index in [0.717, 1.165) is 55.1 Å². The summed E-state index contributed by atoms with van der Waals surface area (Å²) in [6.07, 6.45) is 6.09. The zero-order valence-corrected chi connectivity index (χ0v) is 15.9. The highest BCUT2D eigenvalue weighted by Gasteiger charge is 2.25. The summed E-state index contributed by atoms with van der Waals surface area (Å²) in [7, 11) is 1.72. The van der Waals surface area contributed by atoms with Gasteiger partial charge in [0, 0.05) is 56.5 Å². The molecule has 1 saturated heterocycles. The molecule has 0 radical (unpaired) electrons. The van der Waals surface area contributed by atoms with Crippen LogP contribution in [0, 0.1) is 12.7 Å². The third-order valence-electron chi connectivity index (χ3n) is 5.36. The second kappa shape index (κ2) is 7.64. The Balaban J connectivity index is 1.60. The molecule has 0 aliphatic carbocycles. The number of imidazole rings is 1. The summed E-state index contributed by atoms with van der Waals surface area (Å²) >= 11 is 0. The number of halogens is 1. The maximum atomic E-state index is 13.7. The standard InChI is InChI=1S/C21H25FN4O/c1-15-12-20(24-19-13-17(22)5-6-18(15)19)26-8-3-4-16(14-26)21-23-7-9-25(21)10-11-27-2/h5-7,9,12-13,16H,3-4,8,10-11,14H2,1-2H3/t16-/m1/s1. The molecular formula is C21H25FN4O. The van der Waals surface area contributed by atoms with Crippen LogP contribution in [0.4, 0.5) is 10.2 Å². The van der Waals surface area contributed by atoms with E-state index in [1.54, 1.807) is 7.11 Å². The third kappa shape index (κ3) is 3.67. The zero-order chi connectivity index (χ0) is 18.8. The monoisotopic (exact) mass is 368 g/mol. The number of hydrogen-bond donors (Lipinski definition) is 0. The number of aryl methyl sites for hydroxylation is 1. The number of ether oxygens (including phenoxy) is 1. The van der Waals surface area contributed by atoms with Crippen molar-refractivity contribution < 1.29 is 9.13 Å². The predicted octanol–water partition coefficient (Wildman–Crippen LogP) is 3.91. The predicted molar refractivity (Wildman–Crippen MR) is 105 cm³/mol. The van der Waals surface area contributed by atoms with Gasteiger partial charge in [-0.05, 0) is 43.5 Å². The number of piperidine rings is 1. The van der Waals surface area contributed by atoms with Gasteiger partial charge in [-0.1, -0.05) is 0 Å². The molecule has 3 aromatic rings. The Hall–Kier alpha value is -2.47. The van der Waals surface area contributed by atoms with E-state index >= 15 is 0 Å². The molecular weight excluding hydrogens is 343 g/mol. The second-order valence-corrected chi connectivity index (χ2v) is 7.22. The molecule has 0 N–H and O–H groups in total. The van der Waals surface area contributed by atoms with Crippen LogP contribution in [0.5, 0.6) is 0 Å². The number of pyridine rings is 1. The van der Waals surface area contributed by atoms with Crippen LogP contribution < -0.4 is 4.90 Å². The fourth-order valence-electron chi connectivity index (χ4n) is 3.98. The molecule has 1 atom stereocenters.